The molecule has 0 saturated heterocycles. The van der Waals surface area contributed by atoms with Crippen LogP contribution in [0.2, 0.25) is 0 Å². The van der Waals surface area contributed by atoms with Crippen LogP contribution < -0.4 is 5.73 Å². The molecule has 64 valence electrons. The van der Waals surface area contributed by atoms with Crippen LogP contribution in [0, 0.1) is 0 Å². The number of halogens is 3. The molecule has 0 saturated carbocycles. The minimum atomic E-state index is -4.23. The lowest BCUT2D eigenvalue weighted by atomic mass is 10.4. The number of alkyl halides is 3. The second kappa shape index (κ2) is 4.00. The lowest BCUT2D eigenvalue weighted by Gasteiger charge is -1.99. The fourth-order valence-corrected chi connectivity index (χ4v) is 0.336. The number of aliphatic imine (C=N–C) groups is 1. The molecule has 0 bridgehead atoms. The fourth-order valence-electron chi connectivity index (χ4n) is 0.336. The van der Waals surface area contributed by atoms with Crippen LogP contribution in [0.1, 0.15) is 6.92 Å². The fraction of sp³-hybridized carbons (Fsp3) is 0.500. The third kappa shape index (κ3) is 6.89. The molecule has 0 aromatic rings. The zero-order valence-corrected chi connectivity index (χ0v) is 6.02. The molecule has 11 heavy (non-hydrogen) atoms. The van der Waals surface area contributed by atoms with E-state index in [9.17, 15) is 13.2 Å². The highest BCUT2D eigenvalue weighted by Crippen LogP contribution is 2.13. The van der Waals surface area contributed by atoms with Crippen molar-refractivity contribution in [1.29, 1.82) is 0 Å². The summed E-state index contributed by atoms with van der Waals surface area (Å²) < 4.78 is 34.3. The topological polar surface area (TPSA) is 38.4 Å². The summed E-state index contributed by atoms with van der Waals surface area (Å²) in [7, 11) is 0. The second-order valence-electron chi connectivity index (χ2n) is 2.00. The van der Waals surface area contributed by atoms with Crippen molar-refractivity contribution in [2.24, 2.45) is 10.7 Å². The highest BCUT2D eigenvalue weighted by atomic mass is 19.4. The van der Waals surface area contributed by atoms with Crippen LogP contribution in [0.15, 0.2) is 16.8 Å². The molecule has 0 heterocycles. The van der Waals surface area contributed by atoms with E-state index >= 15 is 0 Å². The molecule has 0 aromatic heterocycles. The first-order valence-corrected chi connectivity index (χ1v) is 2.91. The van der Waals surface area contributed by atoms with E-state index in [0.29, 0.717) is 5.57 Å². The minimum absolute atomic E-state index is 0.509. The van der Waals surface area contributed by atoms with E-state index < -0.39 is 12.7 Å². The lowest BCUT2D eigenvalue weighted by molar-refractivity contribution is -0.118. The number of hydrogen-bond donors (Lipinski definition) is 1. The maximum Gasteiger partial charge on any atom is 0.407 e. The molecule has 0 aliphatic carbocycles. The van der Waals surface area contributed by atoms with E-state index in [-0.39, 0.29) is 0 Å². The largest absolute Gasteiger partial charge is 0.407 e. The molecule has 0 atom stereocenters. The van der Waals surface area contributed by atoms with Gasteiger partial charge in [0.1, 0.15) is 6.54 Å². The average Bonchev–Trinajstić information content (AvgIpc) is 1.85. The van der Waals surface area contributed by atoms with E-state index in [2.05, 4.69) is 4.99 Å². The summed E-state index contributed by atoms with van der Waals surface area (Å²) in [5.41, 5.74) is 5.50. The number of nitrogens with two attached hydrogens (primary N) is 1. The van der Waals surface area contributed by atoms with Gasteiger partial charge in [0.2, 0.25) is 0 Å². The van der Waals surface area contributed by atoms with Gasteiger partial charge in [-0.2, -0.15) is 13.2 Å². The van der Waals surface area contributed by atoms with Crippen LogP contribution in [-0.4, -0.2) is 18.9 Å². The molecule has 0 rings (SSSR count). The first-order chi connectivity index (χ1) is 4.95. The Morgan fingerprint density at radius 3 is 2.45 bits per heavy atom. The average molecular weight is 166 g/mol. The van der Waals surface area contributed by atoms with Crippen LogP contribution in [0.3, 0.4) is 0 Å². The van der Waals surface area contributed by atoms with Gasteiger partial charge in [0.05, 0.1) is 0 Å². The monoisotopic (exact) mass is 166 g/mol. The number of allylic oxidation sites excluding steroid dienone is 1. The second-order valence-corrected chi connectivity index (χ2v) is 2.00. The van der Waals surface area contributed by atoms with Crippen molar-refractivity contribution in [2.45, 2.75) is 13.1 Å². The summed E-state index contributed by atoms with van der Waals surface area (Å²) >= 11 is 0. The standard InChI is InChI=1S/C6H9F3N2/c1-5(2-10)3-11-4-6(7,8)9/h2-3H,4,10H2,1H3/b5-2-,11-3?. The van der Waals surface area contributed by atoms with Gasteiger partial charge in [0.15, 0.2) is 0 Å². The first kappa shape index (κ1) is 10.0. The highest BCUT2D eigenvalue weighted by Gasteiger charge is 2.25. The zero-order valence-electron chi connectivity index (χ0n) is 6.02. The van der Waals surface area contributed by atoms with Crippen LogP contribution in [0.4, 0.5) is 13.2 Å². The summed E-state index contributed by atoms with van der Waals surface area (Å²) in [6.45, 7) is 0.415. The molecule has 0 aromatic carbocycles. The SMILES string of the molecule is C/C(C=NCC(F)(F)F)=C/N. The predicted octanol–water partition coefficient (Wildman–Crippen LogP) is 1.48. The van der Waals surface area contributed by atoms with E-state index in [0.717, 1.165) is 6.21 Å². The van der Waals surface area contributed by atoms with Gasteiger partial charge in [0.25, 0.3) is 0 Å². The van der Waals surface area contributed by atoms with Crippen molar-refractivity contribution in [3.63, 3.8) is 0 Å². The van der Waals surface area contributed by atoms with Crippen LogP contribution in [0.25, 0.3) is 0 Å². The van der Waals surface area contributed by atoms with Crippen molar-refractivity contribution < 1.29 is 13.2 Å². The Balaban J connectivity index is 3.79. The molecule has 5 heteroatoms. The van der Waals surface area contributed by atoms with Gasteiger partial charge in [0, 0.05) is 6.21 Å². The maximum atomic E-state index is 11.4. The van der Waals surface area contributed by atoms with Gasteiger partial charge in [-0.3, -0.25) is 4.99 Å². The predicted molar refractivity (Wildman–Crippen MR) is 37.4 cm³/mol. The Kier molecular flexibility index (Phi) is 3.64. The number of hydrogen-bond acceptors (Lipinski definition) is 2. The maximum absolute atomic E-state index is 11.4. The van der Waals surface area contributed by atoms with E-state index in [1.807, 2.05) is 0 Å². The molecule has 2 N–H and O–H groups in total. The third-order valence-corrected chi connectivity index (χ3v) is 0.828. The molecule has 0 spiro atoms. The number of rotatable bonds is 2. The summed E-state index contributed by atoms with van der Waals surface area (Å²) in [6.07, 6.45) is -1.95. The third-order valence-electron chi connectivity index (χ3n) is 0.828. The smallest absolute Gasteiger partial charge is 0.404 e. The minimum Gasteiger partial charge on any atom is -0.404 e. The van der Waals surface area contributed by atoms with Crippen molar-refractivity contribution in [3.8, 4) is 0 Å². The van der Waals surface area contributed by atoms with E-state index in [4.69, 9.17) is 5.73 Å². The zero-order chi connectivity index (χ0) is 8.91. The van der Waals surface area contributed by atoms with Gasteiger partial charge in [-0.15, -0.1) is 0 Å². The quantitative estimate of drug-likeness (QED) is 0.620. The van der Waals surface area contributed by atoms with Crippen molar-refractivity contribution >= 4 is 6.21 Å². The molecular formula is C6H9F3N2. The van der Waals surface area contributed by atoms with Crippen LogP contribution >= 0.6 is 0 Å². The molecule has 0 amide bonds. The Labute approximate surface area is 62.6 Å². The molecule has 2 nitrogen and oxygen atoms in total. The van der Waals surface area contributed by atoms with Gasteiger partial charge < -0.3 is 5.73 Å². The molecule has 0 fully saturated rings. The summed E-state index contributed by atoms with van der Waals surface area (Å²) in [5, 5.41) is 0. The molecular weight excluding hydrogens is 157 g/mol. The normalized spacial score (nSPS) is 14.4. The van der Waals surface area contributed by atoms with Gasteiger partial charge in [-0.05, 0) is 18.7 Å². The van der Waals surface area contributed by atoms with E-state index in [1.54, 1.807) is 6.92 Å². The summed E-state index contributed by atoms with van der Waals surface area (Å²) in [4.78, 5) is 3.12. The summed E-state index contributed by atoms with van der Waals surface area (Å²) in [6, 6.07) is 0. The molecule has 0 aliphatic heterocycles. The van der Waals surface area contributed by atoms with Gasteiger partial charge >= 0.3 is 6.18 Å². The van der Waals surface area contributed by atoms with Crippen molar-refractivity contribution in [2.75, 3.05) is 6.54 Å². The van der Waals surface area contributed by atoms with Crippen LogP contribution in [-0.2, 0) is 0 Å². The lowest BCUT2D eigenvalue weighted by Crippen LogP contribution is -2.11. The molecule has 0 aliphatic rings. The Bertz CT molecular complexity index is 169. The van der Waals surface area contributed by atoms with Gasteiger partial charge in [-0.25, -0.2) is 0 Å². The highest BCUT2D eigenvalue weighted by molar-refractivity contribution is 5.77. The van der Waals surface area contributed by atoms with Crippen molar-refractivity contribution in [3.05, 3.63) is 11.8 Å². The van der Waals surface area contributed by atoms with Gasteiger partial charge in [-0.1, -0.05) is 0 Å². The van der Waals surface area contributed by atoms with Crippen molar-refractivity contribution in [1.82, 2.24) is 0 Å². The van der Waals surface area contributed by atoms with E-state index in [1.165, 1.54) is 6.20 Å². The first-order valence-electron chi connectivity index (χ1n) is 2.91. The molecule has 0 unspecified atom stereocenters. The Hall–Kier alpha value is -1.00. The molecule has 0 radical (unpaired) electrons. The Morgan fingerprint density at radius 2 is 2.09 bits per heavy atom. The Morgan fingerprint density at radius 1 is 1.55 bits per heavy atom. The summed E-state index contributed by atoms with van der Waals surface area (Å²) in [5.74, 6) is 0. The number of nitrogens with zero attached hydrogens (tertiary/aromatic N) is 1. The van der Waals surface area contributed by atoms with Crippen LogP contribution in [0.5, 0.6) is 0 Å².